The number of rotatable bonds is 2. The first-order chi connectivity index (χ1) is 7.25. The zero-order valence-corrected chi connectivity index (χ0v) is 8.14. The molecule has 2 aromatic rings. The van der Waals surface area contributed by atoms with Crippen LogP contribution in [0.25, 0.3) is 0 Å². The van der Waals surface area contributed by atoms with E-state index in [0.717, 1.165) is 17.5 Å². The van der Waals surface area contributed by atoms with Crippen LogP contribution < -0.4 is 0 Å². The number of phenolic OH excluding ortho intramolecular Hbond substituents is 2. The van der Waals surface area contributed by atoms with Crippen molar-refractivity contribution in [1.82, 2.24) is 0 Å². The number of phenols is 2. The highest BCUT2D eigenvalue weighted by Crippen LogP contribution is 2.25. The van der Waals surface area contributed by atoms with Crippen LogP contribution in [0.4, 0.5) is 0 Å². The third-order valence-corrected chi connectivity index (χ3v) is 2.24. The molecule has 75 valence electrons. The number of hydrogen-bond acceptors (Lipinski definition) is 2. The number of aromatic hydroxyl groups is 2. The summed E-state index contributed by atoms with van der Waals surface area (Å²) in [7, 11) is 0. The number of benzene rings is 2. The molecular weight excluding hydrogens is 188 g/mol. The second-order valence-corrected chi connectivity index (χ2v) is 3.41. The van der Waals surface area contributed by atoms with Crippen LogP contribution in [-0.4, -0.2) is 10.2 Å². The van der Waals surface area contributed by atoms with Crippen molar-refractivity contribution in [2.75, 3.05) is 0 Å². The standard InChI is InChI=1S/C13H11O2/c14-12-7-6-11(9-13(12)15)8-10-4-2-1-3-5-10/h2-7,9,14-15H,8H2. The Labute approximate surface area is 88.4 Å². The van der Waals surface area contributed by atoms with Crippen molar-refractivity contribution in [3.63, 3.8) is 0 Å². The van der Waals surface area contributed by atoms with E-state index in [-0.39, 0.29) is 11.5 Å². The molecule has 0 saturated carbocycles. The van der Waals surface area contributed by atoms with Crippen LogP contribution in [0.5, 0.6) is 11.5 Å². The maximum absolute atomic E-state index is 9.32. The lowest BCUT2D eigenvalue weighted by molar-refractivity contribution is 0.403. The molecule has 0 saturated heterocycles. The molecule has 0 heterocycles. The average molecular weight is 199 g/mol. The van der Waals surface area contributed by atoms with E-state index < -0.39 is 0 Å². The molecule has 2 N–H and O–H groups in total. The van der Waals surface area contributed by atoms with E-state index in [2.05, 4.69) is 6.07 Å². The van der Waals surface area contributed by atoms with E-state index in [4.69, 9.17) is 5.11 Å². The Morgan fingerprint density at radius 2 is 1.60 bits per heavy atom. The highest BCUT2D eigenvalue weighted by Gasteiger charge is 2.01. The summed E-state index contributed by atoms with van der Waals surface area (Å²) in [6.45, 7) is 0. The van der Waals surface area contributed by atoms with Gasteiger partial charge in [0.2, 0.25) is 0 Å². The van der Waals surface area contributed by atoms with Crippen LogP contribution >= 0.6 is 0 Å². The molecule has 0 amide bonds. The Morgan fingerprint density at radius 3 is 2.27 bits per heavy atom. The SMILES string of the molecule is Oc1ccc(Cc2cc[c]cc2)cc1O. The van der Waals surface area contributed by atoms with Gasteiger partial charge < -0.3 is 10.2 Å². The van der Waals surface area contributed by atoms with Crippen LogP contribution in [0.2, 0.25) is 0 Å². The van der Waals surface area contributed by atoms with E-state index >= 15 is 0 Å². The third kappa shape index (κ3) is 2.29. The lowest BCUT2D eigenvalue weighted by Crippen LogP contribution is -1.87. The highest BCUT2D eigenvalue weighted by molar-refractivity contribution is 5.41. The van der Waals surface area contributed by atoms with Crippen molar-refractivity contribution in [2.24, 2.45) is 0 Å². The Balaban J connectivity index is 2.22. The van der Waals surface area contributed by atoms with Gasteiger partial charge in [0.1, 0.15) is 0 Å². The average Bonchev–Trinajstić information content (AvgIpc) is 2.25. The van der Waals surface area contributed by atoms with Gasteiger partial charge in [0.05, 0.1) is 0 Å². The minimum absolute atomic E-state index is 0.0741. The van der Waals surface area contributed by atoms with Gasteiger partial charge in [0, 0.05) is 0 Å². The van der Waals surface area contributed by atoms with E-state index in [0.29, 0.717) is 0 Å². The summed E-state index contributed by atoms with van der Waals surface area (Å²) < 4.78 is 0. The molecule has 0 atom stereocenters. The van der Waals surface area contributed by atoms with Crippen LogP contribution in [0.3, 0.4) is 0 Å². The largest absolute Gasteiger partial charge is 0.504 e. The molecule has 0 bridgehead atoms. The Morgan fingerprint density at radius 1 is 0.867 bits per heavy atom. The molecule has 0 aliphatic heterocycles. The molecule has 0 aromatic heterocycles. The van der Waals surface area contributed by atoms with Crippen molar-refractivity contribution in [1.29, 1.82) is 0 Å². The topological polar surface area (TPSA) is 40.5 Å². The van der Waals surface area contributed by atoms with Gasteiger partial charge in [-0.2, -0.15) is 0 Å². The molecule has 1 radical (unpaired) electrons. The molecule has 0 spiro atoms. The third-order valence-electron chi connectivity index (χ3n) is 2.24. The molecular formula is C13H11O2. The zero-order chi connectivity index (χ0) is 10.7. The molecule has 0 unspecified atom stereocenters. The number of hydrogen-bond donors (Lipinski definition) is 2. The van der Waals surface area contributed by atoms with Crippen molar-refractivity contribution < 1.29 is 10.2 Å². The summed E-state index contributed by atoms with van der Waals surface area (Å²) in [5.74, 6) is -0.157. The first-order valence-corrected chi connectivity index (χ1v) is 4.71. The summed E-state index contributed by atoms with van der Waals surface area (Å²) in [6.07, 6.45) is 0.739. The van der Waals surface area contributed by atoms with Gasteiger partial charge in [-0.1, -0.05) is 30.3 Å². The van der Waals surface area contributed by atoms with Crippen molar-refractivity contribution in [2.45, 2.75) is 6.42 Å². The first kappa shape index (κ1) is 9.59. The molecule has 2 nitrogen and oxygen atoms in total. The van der Waals surface area contributed by atoms with E-state index in [1.165, 1.54) is 6.07 Å². The molecule has 15 heavy (non-hydrogen) atoms. The molecule has 0 aliphatic rings. The van der Waals surface area contributed by atoms with Gasteiger partial charge in [-0.05, 0) is 35.7 Å². The second-order valence-electron chi connectivity index (χ2n) is 3.41. The van der Waals surface area contributed by atoms with Crippen molar-refractivity contribution in [3.05, 3.63) is 59.7 Å². The van der Waals surface area contributed by atoms with Gasteiger partial charge in [-0.3, -0.25) is 0 Å². The van der Waals surface area contributed by atoms with E-state index in [9.17, 15) is 5.11 Å². The van der Waals surface area contributed by atoms with Crippen LogP contribution in [-0.2, 0) is 6.42 Å². The second kappa shape index (κ2) is 4.05. The fourth-order valence-electron chi connectivity index (χ4n) is 1.45. The quantitative estimate of drug-likeness (QED) is 0.729. The first-order valence-electron chi connectivity index (χ1n) is 4.71. The van der Waals surface area contributed by atoms with Gasteiger partial charge in [0.25, 0.3) is 0 Å². The van der Waals surface area contributed by atoms with E-state index in [1.807, 2.05) is 24.3 Å². The summed E-state index contributed by atoms with van der Waals surface area (Å²) in [5, 5.41) is 18.5. The minimum Gasteiger partial charge on any atom is -0.504 e. The normalized spacial score (nSPS) is 10.1. The predicted octanol–water partition coefficient (Wildman–Crippen LogP) is 2.49. The van der Waals surface area contributed by atoms with Crippen molar-refractivity contribution >= 4 is 0 Å². The predicted molar refractivity (Wildman–Crippen MR) is 57.9 cm³/mol. The molecule has 0 fully saturated rings. The van der Waals surface area contributed by atoms with Gasteiger partial charge in [-0.15, -0.1) is 0 Å². The van der Waals surface area contributed by atoms with Crippen LogP contribution in [0.1, 0.15) is 11.1 Å². The Kier molecular flexibility index (Phi) is 2.59. The smallest absolute Gasteiger partial charge is 0.157 e. The lowest BCUT2D eigenvalue weighted by Gasteiger charge is -2.03. The van der Waals surface area contributed by atoms with Gasteiger partial charge in [0.15, 0.2) is 11.5 Å². The highest BCUT2D eigenvalue weighted by atomic mass is 16.3. The maximum Gasteiger partial charge on any atom is 0.157 e. The fourth-order valence-corrected chi connectivity index (χ4v) is 1.45. The van der Waals surface area contributed by atoms with Crippen LogP contribution in [0.15, 0.2) is 42.5 Å². The Bertz CT molecular complexity index is 449. The zero-order valence-electron chi connectivity index (χ0n) is 8.14. The fraction of sp³-hybridized carbons (Fsp3) is 0.0769. The molecule has 2 rings (SSSR count). The minimum atomic E-state index is -0.0832. The van der Waals surface area contributed by atoms with Crippen LogP contribution in [0, 0.1) is 6.07 Å². The van der Waals surface area contributed by atoms with E-state index in [1.54, 1.807) is 12.1 Å². The molecule has 2 aromatic carbocycles. The monoisotopic (exact) mass is 199 g/mol. The lowest BCUT2D eigenvalue weighted by atomic mass is 10.0. The summed E-state index contributed by atoms with van der Waals surface area (Å²) in [5.41, 5.74) is 2.12. The summed E-state index contributed by atoms with van der Waals surface area (Å²) in [6, 6.07) is 15.5. The molecule has 0 aliphatic carbocycles. The van der Waals surface area contributed by atoms with Gasteiger partial charge >= 0.3 is 0 Å². The molecule has 2 heteroatoms. The maximum atomic E-state index is 9.32. The van der Waals surface area contributed by atoms with Gasteiger partial charge in [-0.25, -0.2) is 0 Å². The Hall–Kier alpha value is -1.96. The summed E-state index contributed by atoms with van der Waals surface area (Å²) in [4.78, 5) is 0. The summed E-state index contributed by atoms with van der Waals surface area (Å²) >= 11 is 0. The van der Waals surface area contributed by atoms with Crippen molar-refractivity contribution in [3.8, 4) is 11.5 Å².